The summed E-state index contributed by atoms with van der Waals surface area (Å²) in [5.74, 6) is 0.160. The Bertz CT molecular complexity index is 329. The van der Waals surface area contributed by atoms with Crippen LogP contribution < -0.4 is 9.47 Å². The molecule has 1 rings (SSSR count). The minimum absolute atomic E-state index is 0.140. The number of ether oxygens (including phenoxy) is 2. The SMILES string of the molecule is CCCCOc1ccc(OCCCF)c(F)c1. The molecule has 0 aliphatic rings. The first-order valence-electron chi connectivity index (χ1n) is 5.89. The van der Waals surface area contributed by atoms with Crippen molar-refractivity contribution in [2.24, 2.45) is 0 Å². The van der Waals surface area contributed by atoms with Crippen LogP contribution in [0.3, 0.4) is 0 Å². The van der Waals surface area contributed by atoms with Crippen LogP contribution in [0.4, 0.5) is 8.78 Å². The summed E-state index contributed by atoms with van der Waals surface area (Å²) in [7, 11) is 0. The minimum Gasteiger partial charge on any atom is -0.493 e. The van der Waals surface area contributed by atoms with Crippen molar-refractivity contribution in [2.45, 2.75) is 26.2 Å². The molecular weight excluding hydrogens is 226 g/mol. The molecule has 0 saturated heterocycles. The van der Waals surface area contributed by atoms with Gasteiger partial charge < -0.3 is 9.47 Å². The molecule has 0 aromatic heterocycles. The summed E-state index contributed by atoms with van der Waals surface area (Å²) in [4.78, 5) is 0. The molecule has 0 bridgehead atoms. The number of unbranched alkanes of at least 4 members (excludes halogenated alkanes) is 1. The molecule has 0 radical (unpaired) electrons. The molecule has 96 valence electrons. The Balaban J connectivity index is 2.47. The highest BCUT2D eigenvalue weighted by atomic mass is 19.1. The van der Waals surface area contributed by atoms with E-state index in [1.54, 1.807) is 6.07 Å². The largest absolute Gasteiger partial charge is 0.493 e. The molecule has 0 spiro atoms. The van der Waals surface area contributed by atoms with Gasteiger partial charge in [-0.15, -0.1) is 0 Å². The van der Waals surface area contributed by atoms with Crippen LogP contribution in [-0.4, -0.2) is 19.9 Å². The topological polar surface area (TPSA) is 18.5 Å². The molecule has 0 fully saturated rings. The molecule has 0 heterocycles. The maximum Gasteiger partial charge on any atom is 0.168 e. The summed E-state index contributed by atoms with van der Waals surface area (Å²) in [6.45, 7) is 2.37. The fraction of sp³-hybridized carbons (Fsp3) is 0.538. The van der Waals surface area contributed by atoms with E-state index in [0.717, 1.165) is 12.8 Å². The Hall–Kier alpha value is -1.32. The van der Waals surface area contributed by atoms with Gasteiger partial charge in [-0.05, 0) is 18.6 Å². The van der Waals surface area contributed by atoms with Crippen LogP contribution in [0.5, 0.6) is 11.5 Å². The number of halogens is 2. The second kappa shape index (κ2) is 7.87. The van der Waals surface area contributed by atoms with Gasteiger partial charge in [-0.3, -0.25) is 4.39 Å². The van der Waals surface area contributed by atoms with Gasteiger partial charge in [0.15, 0.2) is 11.6 Å². The van der Waals surface area contributed by atoms with E-state index in [2.05, 4.69) is 6.92 Å². The lowest BCUT2D eigenvalue weighted by Gasteiger charge is -2.09. The fourth-order valence-electron chi connectivity index (χ4n) is 1.26. The van der Waals surface area contributed by atoms with E-state index < -0.39 is 12.5 Å². The van der Waals surface area contributed by atoms with Crippen molar-refractivity contribution in [1.29, 1.82) is 0 Å². The summed E-state index contributed by atoms with van der Waals surface area (Å²) >= 11 is 0. The van der Waals surface area contributed by atoms with Gasteiger partial charge in [0, 0.05) is 12.5 Å². The van der Waals surface area contributed by atoms with E-state index in [4.69, 9.17) is 9.47 Å². The minimum atomic E-state index is -0.474. The first kappa shape index (κ1) is 13.7. The van der Waals surface area contributed by atoms with Gasteiger partial charge in [0.1, 0.15) is 5.75 Å². The molecule has 1 aromatic rings. The molecule has 0 amide bonds. The summed E-state index contributed by atoms with van der Waals surface area (Å²) < 4.78 is 35.8. The van der Waals surface area contributed by atoms with Crippen LogP contribution in [-0.2, 0) is 0 Å². The molecule has 0 N–H and O–H groups in total. The Morgan fingerprint density at radius 2 is 1.88 bits per heavy atom. The Labute approximate surface area is 101 Å². The van der Waals surface area contributed by atoms with Gasteiger partial charge in [-0.1, -0.05) is 13.3 Å². The average Bonchev–Trinajstić information content (AvgIpc) is 2.32. The Morgan fingerprint density at radius 3 is 2.53 bits per heavy atom. The highest BCUT2D eigenvalue weighted by Crippen LogP contribution is 2.22. The zero-order valence-electron chi connectivity index (χ0n) is 10.0. The smallest absolute Gasteiger partial charge is 0.168 e. The van der Waals surface area contributed by atoms with E-state index in [-0.39, 0.29) is 18.8 Å². The van der Waals surface area contributed by atoms with Crippen molar-refractivity contribution < 1.29 is 18.3 Å². The molecule has 0 unspecified atom stereocenters. The third-order valence-corrected chi connectivity index (χ3v) is 2.21. The lowest BCUT2D eigenvalue weighted by atomic mass is 10.3. The van der Waals surface area contributed by atoms with E-state index in [1.807, 2.05) is 0 Å². The second-order valence-corrected chi connectivity index (χ2v) is 3.69. The van der Waals surface area contributed by atoms with Crippen LogP contribution in [0.1, 0.15) is 26.2 Å². The van der Waals surface area contributed by atoms with Gasteiger partial charge in [-0.25, -0.2) is 4.39 Å². The standard InChI is InChI=1S/C13H18F2O2/c1-2-3-8-16-11-5-6-13(12(15)10-11)17-9-4-7-14/h5-6,10H,2-4,7-9H2,1H3. The van der Waals surface area contributed by atoms with E-state index in [0.29, 0.717) is 12.4 Å². The third kappa shape index (κ3) is 5.02. The predicted molar refractivity (Wildman–Crippen MR) is 62.9 cm³/mol. The van der Waals surface area contributed by atoms with Crippen LogP contribution >= 0.6 is 0 Å². The molecule has 0 aliphatic carbocycles. The molecular formula is C13H18F2O2. The fourth-order valence-corrected chi connectivity index (χ4v) is 1.26. The van der Waals surface area contributed by atoms with Crippen LogP contribution in [0.2, 0.25) is 0 Å². The molecule has 2 nitrogen and oxygen atoms in total. The number of hydrogen-bond acceptors (Lipinski definition) is 2. The lowest BCUT2D eigenvalue weighted by Crippen LogP contribution is -2.01. The zero-order valence-corrected chi connectivity index (χ0v) is 10.0. The van der Waals surface area contributed by atoms with Crippen molar-refractivity contribution in [3.8, 4) is 11.5 Å². The zero-order chi connectivity index (χ0) is 12.5. The number of hydrogen-bond donors (Lipinski definition) is 0. The summed E-state index contributed by atoms with van der Waals surface area (Å²) in [5.41, 5.74) is 0. The first-order chi connectivity index (χ1) is 8.27. The molecule has 0 atom stereocenters. The Kier molecular flexibility index (Phi) is 6.37. The number of rotatable bonds is 8. The van der Waals surface area contributed by atoms with Crippen LogP contribution in [0, 0.1) is 5.82 Å². The first-order valence-corrected chi connectivity index (χ1v) is 5.89. The van der Waals surface area contributed by atoms with Gasteiger partial charge in [0.25, 0.3) is 0 Å². The third-order valence-electron chi connectivity index (χ3n) is 2.21. The van der Waals surface area contributed by atoms with Crippen molar-refractivity contribution >= 4 is 0 Å². The number of benzene rings is 1. The average molecular weight is 244 g/mol. The normalized spacial score (nSPS) is 10.3. The predicted octanol–water partition coefficient (Wildman–Crippen LogP) is 3.74. The molecule has 0 saturated carbocycles. The van der Waals surface area contributed by atoms with Crippen molar-refractivity contribution in [3.05, 3.63) is 24.0 Å². The summed E-state index contributed by atoms with van der Waals surface area (Å²) in [6, 6.07) is 4.46. The van der Waals surface area contributed by atoms with Gasteiger partial charge >= 0.3 is 0 Å². The Morgan fingerprint density at radius 1 is 1.12 bits per heavy atom. The monoisotopic (exact) mass is 244 g/mol. The maximum atomic E-state index is 13.5. The highest BCUT2D eigenvalue weighted by molar-refractivity contribution is 5.33. The van der Waals surface area contributed by atoms with E-state index >= 15 is 0 Å². The van der Waals surface area contributed by atoms with Crippen molar-refractivity contribution in [3.63, 3.8) is 0 Å². The van der Waals surface area contributed by atoms with Crippen LogP contribution in [0.25, 0.3) is 0 Å². The van der Waals surface area contributed by atoms with Gasteiger partial charge in [0.05, 0.1) is 19.9 Å². The molecule has 0 aliphatic heterocycles. The summed E-state index contributed by atoms with van der Waals surface area (Å²) in [6.07, 6.45) is 2.25. The maximum absolute atomic E-state index is 13.5. The second-order valence-electron chi connectivity index (χ2n) is 3.69. The van der Waals surface area contributed by atoms with E-state index in [9.17, 15) is 8.78 Å². The quantitative estimate of drug-likeness (QED) is 0.648. The highest BCUT2D eigenvalue weighted by Gasteiger charge is 2.05. The lowest BCUT2D eigenvalue weighted by molar-refractivity contribution is 0.274. The molecule has 1 aromatic carbocycles. The van der Waals surface area contributed by atoms with Crippen molar-refractivity contribution in [2.75, 3.05) is 19.9 Å². The molecule has 4 heteroatoms. The van der Waals surface area contributed by atoms with Gasteiger partial charge in [0.2, 0.25) is 0 Å². The summed E-state index contributed by atoms with van der Waals surface area (Å²) in [5, 5.41) is 0. The molecule has 17 heavy (non-hydrogen) atoms. The van der Waals surface area contributed by atoms with Crippen LogP contribution in [0.15, 0.2) is 18.2 Å². The van der Waals surface area contributed by atoms with Crippen molar-refractivity contribution in [1.82, 2.24) is 0 Å². The van der Waals surface area contributed by atoms with E-state index in [1.165, 1.54) is 12.1 Å². The van der Waals surface area contributed by atoms with Gasteiger partial charge in [-0.2, -0.15) is 0 Å². The number of alkyl halides is 1.